The van der Waals surface area contributed by atoms with E-state index in [1.165, 1.54) is 5.57 Å². The van der Waals surface area contributed by atoms with E-state index in [1.54, 1.807) is 6.20 Å². The Morgan fingerprint density at radius 1 is 1.45 bits per heavy atom. The number of anilines is 1. The molecule has 3 rings (SSSR count). The zero-order valence-electron chi connectivity index (χ0n) is 12.0. The van der Waals surface area contributed by atoms with Crippen LogP contribution in [0.15, 0.2) is 18.3 Å². The first kappa shape index (κ1) is 13.6. The molecule has 0 saturated carbocycles. The second-order valence-electron chi connectivity index (χ2n) is 5.97. The Kier molecular flexibility index (Phi) is 3.76. The highest BCUT2D eigenvalue weighted by atomic mass is 16.3. The Bertz CT molecular complexity index is 526. The first-order chi connectivity index (χ1) is 9.69. The summed E-state index contributed by atoms with van der Waals surface area (Å²) in [6.07, 6.45) is 6.97. The number of β-amino-alcohol motifs (C(OH)–C–C–N with tert-alkyl or cyclic N) is 1. The van der Waals surface area contributed by atoms with E-state index in [9.17, 15) is 5.11 Å². The second kappa shape index (κ2) is 5.54. The van der Waals surface area contributed by atoms with Crippen LogP contribution in [-0.2, 0) is 6.42 Å². The highest BCUT2D eigenvalue weighted by molar-refractivity contribution is 5.75. The molecule has 3 N–H and O–H groups in total. The SMILES string of the molecule is CCC[C@H]1CN(CC2=CCc3c(N)ccnc32)C[C@H]1O. The van der Waals surface area contributed by atoms with Crippen LogP contribution in [0.1, 0.15) is 31.0 Å². The summed E-state index contributed by atoms with van der Waals surface area (Å²) in [6, 6.07) is 1.87. The molecule has 0 spiro atoms. The van der Waals surface area contributed by atoms with Crippen LogP contribution in [0.5, 0.6) is 0 Å². The normalized spacial score (nSPS) is 25.8. The molecule has 2 heterocycles. The number of allylic oxidation sites excluding steroid dienone is 1. The van der Waals surface area contributed by atoms with Crippen LogP contribution in [0.2, 0.25) is 0 Å². The highest BCUT2D eigenvalue weighted by Crippen LogP contribution is 2.31. The van der Waals surface area contributed by atoms with E-state index in [0.29, 0.717) is 5.92 Å². The van der Waals surface area contributed by atoms with Gasteiger partial charge in [0.25, 0.3) is 0 Å². The van der Waals surface area contributed by atoms with E-state index >= 15 is 0 Å². The van der Waals surface area contributed by atoms with Gasteiger partial charge in [-0.15, -0.1) is 0 Å². The third-order valence-corrected chi connectivity index (χ3v) is 4.48. The summed E-state index contributed by atoms with van der Waals surface area (Å²) in [5.74, 6) is 0.426. The van der Waals surface area contributed by atoms with Crippen LogP contribution in [-0.4, -0.2) is 40.7 Å². The van der Waals surface area contributed by atoms with Crippen LogP contribution in [0.4, 0.5) is 5.69 Å². The van der Waals surface area contributed by atoms with Gasteiger partial charge in [-0.3, -0.25) is 9.88 Å². The summed E-state index contributed by atoms with van der Waals surface area (Å²) in [6.45, 7) is 4.82. The molecule has 20 heavy (non-hydrogen) atoms. The summed E-state index contributed by atoms with van der Waals surface area (Å²) in [5, 5.41) is 10.1. The van der Waals surface area contributed by atoms with E-state index in [0.717, 1.165) is 55.8 Å². The zero-order valence-corrected chi connectivity index (χ0v) is 12.0. The van der Waals surface area contributed by atoms with Crippen LogP contribution in [0.3, 0.4) is 0 Å². The van der Waals surface area contributed by atoms with Gasteiger partial charge >= 0.3 is 0 Å². The number of nitrogens with zero attached hydrogens (tertiary/aromatic N) is 2. The lowest BCUT2D eigenvalue weighted by atomic mass is 10.0. The van der Waals surface area contributed by atoms with Gasteiger partial charge in [-0.1, -0.05) is 19.4 Å². The average Bonchev–Trinajstić information content (AvgIpc) is 2.97. The molecular formula is C16H23N3O. The fraction of sp³-hybridized carbons (Fsp3) is 0.562. The fourth-order valence-electron chi connectivity index (χ4n) is 3.43. The van der Waals surface area contributed by atoms with E-state index in [1.807, 2.05) is 6.07 Å². The first-order valence-corrected chi connectivity index (χ1v) is 7.52. The maximum Gasteiger partial charge on any atom is 0.0727 e. The number of pyridine rings is 1. The first-order valence-electron chi connectivity index (χ1n) is 7.52. The highest BCUT2D eigenvalue weighted by Gasteiger charge is 2.31. The topological polar surface area (TPSA) is 62.4 Å². The second-order valence-corrected chi connectivity index (χ2v) is 5.97. The molecular weight excluding hydrogens is 250 g/mol. The lowest BCUT2D eigenvalue weighted by Gasteiger charge is -2.16. The van der Waals surface area contributed by atoms with Gasteiger partial charge in [0.15, 0.2) is 0 Å². The number of aromatic nitrogens is 1. The molecule has 0 aromatic carbocycles. The van der Waals surface area contributed by atoms with Crippen molar-refractivity contribution in [1.82, 2.24) is 9.88 Å². The number of fused-ring (bicyclic) bond motifs is 1. The van der Waals surface area contributed by atoms with Gasteiger partial charge in [-0.25, -0.2) is 0 Å². The van der Waals surface area contributed by atoms with Gasteiger partial charge in [0.2, 0.25) is 0 Å². The largest absolute Gasteiger partial charge is 0.398 e. The van der Waals surface area contributed by atoms with Gasteiger partial charge in [0.1, 0.15) is 0 Å². The molecule has 1 aliphatic heterocycles. The molecule has 0 unspecified atom stereocenters. The molecule has 108 valence electrons. The molecule has 1 aromatic rings. The van der Waals surface area contributed by atoms with Crippen molar-refractivity contribution < 1.29 is 5.11 Å². The summed E-state index contributed by atoms with van der Waals surface area (Å²) in [7, 11) is 0. The number of nitrogen functional groups attached to an aromatic ring is 1. The summed E-state index contributed by atoms with van der Waals surface area (Å²) in [5.41, 5.74) is 10.3. The minimum Gasteiger partial charge on any atom is -0.398 e. The maximum absolute atomic E-state index is 10.1. The molecule has 1 aromatic heterocycles. The smallest absolute Gasteiger partial charge is 0.0727 e. The van der Waals surface area contributed by atoms with E-state index in [-0.39, 0.29) is 6.10 Å². The lowest BCUT2D eigenvalue weighted by Crippen LogP contribution is -2.24. The molecule has 1 saturated heterocycles. The Morgan fingerprint density at radius 2 is 2.30 bits per heavy atom. The molecule has 0 radical (unpaired) electrons. The Labute approximate surface area is 120 Å². The fourth-order valence-corrected chi connectivity index (χ4v) is 3.43. The molecule has 2 atom stereocenters. The predicted molar refractivity (Wildman–Crippen MR) is 81.2 cm³/mol. The van der Waals surface area contributed by atoms with Crippen molar-refractivity contribution in [1.29, 1.82) is 0 Å². The number of hydrogen-bond donors (Lipinski definition) is 2. The third kappa shape index (κ3) is 2.45. The molecule has 0 amide bonds. The van der Waals surface area contributed by atoms with Gasteiger partial charge in [0.05, 0.1) is 11.8 Å². The molecule has 1 aliphatic carbocycles. The monoisotopic (exact) mass is 273 g/mol. The molecule has 1 fully saturated rings. The minimum absolute atomic E-state index is 0.176. The van der Waals surface area contributed by atoms with Crippen LogP contribution in [0.25, 0.3) is 5.57 Å². The van der Waals surface area contributed by atoms with Crippen molar-refractivity contribution in [3.63, 3.8) is 0 Å². The third-order valence-electron chi connectivity index (χ3n) is 4.48. The summed E-state index contributed by atoms with van der Waals surface area (Å²) in [4.78, 5) is 6.82. The van der Waals surface area contributed by atoms with Crippen molar-refractivity contribution in [2.45, 2.75) is 32.3 Å². The quantitative estimate of drug-likeness (QED) is 0.876. The van der Waals surface area contributed by atoms with Gasteiger partial charge < -0.3 is 10.8 Å². The minimum atomic E-state index is -0.176. The van der Waals surface area contributed by atoms with Crippen molar-refractivity contribution in [2.24, 2.45) is 5.92 Å². The zero-order chi connectivity index (χ0) is 14.1. The number of hydrogen-bond acceptors (Lipinski definition) is 4. The Morgan fingerprint density at radius 3 is 3.10 bits per heavy atom. The van der Waals surface area contributed by atoms with Gasteiger partial charge in [0, 0.05) is 37.1 Å². The van der Waals surface area contributed by atoms with Crippen molar-refractivity contribution in [3.05, 3.63) is 29.6 Å². The molecule has 0 bridgehead atoms. The predicted octanol–water partition coefficient (Wildman–Crippen LogP) is 1.70. The van der Waals surface area contributed by atoms with Gasteiger partial charge in [-0.2, -0.15) is 0 Å². The van der Waals surface area contributed by atoms with Crippen LogP contribution < -0.4 is 5.73 Å². The van der Waals surface area contributed by atoms with Crippen LogP contribution in [0, 0.1) is 5.92 Å². The van der Waals surface area contributed by atoms with E-state index in [4.69, 9.17) is 5.73 Å². The van der Waals surface area contributed by atoms with Crippen molar-refractivity contribution in [2.75, 3.05) is 25.4 Å². The lowest BCUT2D eigenvalue weighted by molar-refractivity contribution is 0.138. The number of aliphatic hydroxyl groups excluding tert-OH is 1. The maximum atomic E-state index is 10.1. The molecule has 4 heteroatoms. The summed E-state index contributed by atoms with van der Waals surface area (Å²) < 4.78 is 0. The Balaban J connectivity index is 1.68. The summed E-state index contributed by atoms with van der Waals surface area (Å²) >= 11 is 0. The van der Waals surface area contributed by atoms with E-state index in [2.05, 4.69) is 22.9 Å². The number of rotatable bonds is 4. The number of nitrogens with two attached hydrogens (primary N) is 1. The van der Waals surface area contributed by atoms with Crippen LogP contribution >= 0.6 is 0 Å². The average molecular weight is 273 g/mol. The number of aliphatic hydroxyl groups is 1. The number of likely N-dealkylation sites (tertiary alicyclic amines) is 1. The molecule has 4 nitrogen and oxygen atoms in total. The standard InChI is InChI=1S/C16H23N3O/c1-2-3-11-8-19(10-15(11)20)9-12-4-5-13-14(17)6-7-18-16(12)13/h4,6-7,11,15,20H,2-3,5,8-10H2,1H3,(H2,17,18)/t11-,15+/m0/s1. The van der Waals surface area contributed by atoms with Crippen molar-refractivity contribution >= 4 is 11.3 Å². The Hall–Kier alpha value is -1.39. The van der Waals surface area contributed by atoms with Gasteiger partial charge in [-0.05, 0) is 30.4 Å². The molecule has 2 aliphatic rings. The van der Waals surface area contributed by atoms with Crippen molar-refractivity contribution in [3.8, 4) is 0 Å². The van der Waals surface area contributed by atoms with E-state index < -0.39 is 0 Å².